The number of fused-ring (bicyclic) bond motifs is 1. The van der Waals surface area contributed by atoms with Crippen LogP contribution in [-0.4, -0.2) is 29.4 Å². The van der Waals surface area contributed by atoms with E-state index in [9.17, 15) is 4.79 Å². The number of H-pyrrole nitrogens is 1. The number of anilines is 1. The number of nitrogens with two attached hydrogens (primary N) is 1. The van der Waals surface area contributed by atoms with Crippen LogP contribution in [0, 0.1) is 0 Å². The minimum atomic E-state index is -0.00253. The average molecular weight is 217 g/mol. The topological polar surface area (TPSA) is 62.1 Å². The van der Waals surface area contributed by atoms with E-state index in [1.807, 2.05) is 31.2 Å². The zero-order valence-electron chi connectivity index (χ0n) is 9.45. The molecular weight excluding hydrogens is 202 g/mol. The zero-order chi connectivity index (χ0) is 11.7. The van der Waals surface area contributed by atoms with E-state index in [1.165, 1.54) is 0 Å². The number of amides is 1. The van der Waals surface area contributed by atoms with Crippen LogP contribution in [0.15, 0.2) is 24.3 Å². The molecule has 0 aliphatic heterocycles. The van der Waals surface area contributed by atoms with E-state index in [2.05, 4.69) is 4.98 Å². The van der Waals surface area contributed by atoms with Crippen molar-refractivity contribution in [2.45, 2.75) is 6.92 Å². The van der Waals surface area contributed by atoms with Gasteiger partial charge in [-0.05, 0) is 31.2 Å². The predicted octanol–water partition coefficient (Wildman–Crippen LogP) is 1.84. The van der Waals surface area contributed by atoms with Crippen LogP contribution in [0.25, 0.3) is 10.9 Å². The third-order valence-electron chi connectivity index (χ3n) is 2.70. The summed E-state index contributed by atoms with van der Waals surface area (Å²) in [5.41, 5.74) is 7.92. The average Bonchev–Trinajstić information content (AvgIpc) is 2.69. The van der Waals surface area contributed by atoms with E-state index in [-0.39, 0.29) is 5.91 Å². The maximum atomic E-state index is 11.9. The normalized spacial score (nSPS) is 10.6. The van der Waals surface area contributed by atoms with Gasteiger partial charge in [0, 0.05) is 30.2 Å². The summed E-state index contributed by atoms with van der Waals surface area (Å²) in [7, 11) is 1.78. The number of carbonyl (C=O) groups is 1. The Morgan fingerprint density at radius 1 is 1.44 bits per heavy atom. The Balaban J connectivity index is 2.43. The molecule has 1 amide bonds. The van der Waals surface area contributed by atoms with E-state index >= 15 is 0 Å². The SMILES string of the molecule is CCN(C)C(=O)c1cc2cc(N)ccc2[nH]1. The van der Waals surface area contributed by atoms with Crippen LogP contribution in [0.1, 0.15) is 17.4 Å². The molecule has 1 aromatic heterocycles. The highest BCUT2D eigenvalue weighted by Gasteiger charge is 2.12. The number of hydrogen-bond acceptors (Lipinski definition) is 2. The maximum absolute atomic E-state index is 11.9. The summed E-state index contributed by atoms with van der Waals surface area (Å²) in [5, 5.41) is 0.966. The van der Waals surface area contributed by atoms with Gasteiger partial charge in [-0.15, -0.1) is 0 Å². The molecule has 0 aliphatic rings. The molecule has 0 unspecified atom stereocenters. The van der Waals surface area contributed by atoms with Crippen molar-refractivity contribution < 1.29 is 4.79 Å². The van der Waals surface area contributed by atoms with Gasteiger partial charge in [0.25, 0.3) is 5.91 Å². The van der Waals surface area contributed by atoms with Gasteiger partial charge in [0.2, 0.25) is 0 Å². The van der Waals surface area contributed by atoms with Crippen molar-refractivity contribution in [2.24, 2.45) is 0 Å². The van der Waals surface area contributed by atoms with Crippen LogP contribution in [0.5, 0.6) is 0 Å². The van der Waals surface area contributed by atoms with Crippen molar-refractivity contribution in [1.29, 1.82) is 0 Å². The van der Waals surface area contributed by atoms with Crippen molar-refractivity contribution in [3.63, 3.8) is 0 Å². The minimum Gasteiger partial charge on any atom is -0.399 e. The number of aromatic amines is 1. The predicted molar refractivity (Wildman–Crippen MR) is 65.3 cm³/mol. The van der Waals surface area contributed by atoms with Crippen LogP contribution in [0.4, 0.5) is 5.69 Å². The number of nitrogens with zero attached hydrogens (tertiary/aromatic N) is 1. The smallest absolute Gasteiger partial charge is 0.270 e. The highest BCUT2D eigenvalue weighted by atomic mass is 16.2. The van der Waals surface area contributed by atoms with Gasteiger partial charge in [-0.3, -0.25) is 4.79 Å². The summed E-state index contributed by atoms with van der Waals surface area (Å²) in [6.07, 6.45) is 0. The molecule has 0 aliphatic carbocycles. The molecule has 0 bridgehead atoms. The first kappa shape index (κ1) is 10.5. The lowest BCUT2D eigenvalue weighted by Crippen LogP contribution is -2.26. The number of aromatic nitrogens is 1. The van der Waals surface area contributed by atoms with E-state index in [0.717, 1.165) is 10.9 Å². The summed E-state index contributed by atoms with van der Waals surface area (Å²) in [5.74, 6) is -0.00253. The minimum absolute atomic E-state index is 0.00253. The molecule has 1 aromatic carbocycles. The Labute approximate surface area is 94.0 Å². The van der Waals surface area contributed by atoms with Gasteiger partial charge in [-0.1, -0.05) is 0 Å². The first-order valence-corrected chi connectivity index (χ1v) is 5.25. The van der Waals surface area contributed by atoms with Crippen molar-refractivity contribution >= 4 is 22.5 Å². The molecule has 4 heteroatoms. The summed E-state index contributed by atoms with van der Waals surface area (Å²) in [6, 6.07) is 7.39. The molecule has 16 heavy (non-hydrogen) atoms. The van der Waals surface area contributed by atoms with Crippen LogP contribution < -0.4 is 5.73 Å². The van der Waals surface area contributed by atoms with Crippen molar-refractivity contribution in [3.8, 4) is 0 Å². The quantitative estimate of drug-likeness (QED) is 0.754. The first-order chi connectivity index (χ1) is 7.61. The lowest BCUT2D eigenvalue weighted by Gasteiger charge is -2.12. The first-order valence-electron chi connectivity index (χ1n) is 5.25. The second kappa shape index (κ2) is 3.89. The van der Waals surface area contributed by atoms with Gasteiger partial charge in [0.1, 0.15) is 5.69 Å². The molecule has 0 saturated heterocycles. The van der Waals surface area contributed by atoms with Crippen LogP contribution >= 0.6 is 0 Å². The molecule has 2 aromatic rings. The summed E-state index contributed by atoms with van der Waals surface area (Å²) < 4.78 is 0. The van der Waals surface area contributed by atoms with Crippen LogP contribution in [0.3, 0.4) is 0 Å². The molecule has 0 radical (unpaired) electrons. The molecule has 4 nitrogen and oxygen atoms in total. The summed E-state index contributed by atoms with van der Waals surface area (Å²) in [6.45, 7) is 2.63. The largest absolute Gasteiger partial charge is 0.399 e. The monoisotopic (exact) mass is 217 g/mol. The number of carbonyl (C=O) groups excluding carboxylic acids is 1. The van der Waals surface area contributed by atoms with E-state index in [1.54, 1.807) is 11.9 Å². The van der Waals surface area contributed by atoms with Gasteiger partial charge >= 0.3 is 0 Å². The van der Waals surface area contributed by atoms with Gasteiger partial charge in [0.05, 0.1) is 0 Å². The van der Waals surface area contributed by atoms with Gasteiger partial charge in [0.15, 0.2) is 0 Å². The van der Waals surface area contributed by atoms with Gasteiger partial charge in [-0.2, -0.15) is 0 Å². The number of hydrogen-bond donors (Lipinski definition) is 2. The molecule has 0 spiro atoms. The van der Waals surface area contributed by atoms with Crippen molar-refractivity contribution in [3.05, 3.63) is 30.0 Å². The Hall–Kier alpha value is -1.97. The Bertz CT molecular complexity index is 530. The van der Waals surface area contributed by atoms with Crippen LogP contribution in [-0.2, 0) is 0 Å². The second-order valence-electron chi connectivity index (χ2n) is 3.85. The highest BCUT2D eigenvalue weighted by molar-refractivity contribution is 5.98. The molecular formula is C12H15N3O. The summed E-state index contributed by atoms with van der Waals surface area (Å²) >= 11 is 0. The fraction of sp³-hybridized carbons (Fsp3) is 0.250. The molecule has 2 rings (SSSR count). The van der Waals surface area contributed by atoms with Gasteiger partial charge in [-0.25, -0.2) is 0 Å². The number of nitrogens with one attached hydrogen (secondary N) is 1. The van der Waals surface area contributed by atoms with E-state index in [4.69, 9.17) is 5.73 Å². The number of rotatable bonds is 2. The van der Waals surface area contributed by atoms with E-state index in [0.29, 0.717) is 17.9 Å². The molecule has 3 N–H and O–H groups in total. The number of nitrogen functional groups attached to an aromatic ring is 1. The second-order valence-corrected chi connectivity index (χ2v) is 3.85. The lowest BCUT2D eigenvalue weighted by atomic mass is 10.2. The van der Waals surface area contributed by atoms with Gasteiger partial charge < -0.3 is 15.6 Å². The summed E-state index contributed by atoms with van der Waals surface area (Å²) in [4.78, 5) is 16.6. The molecule has 1 heterocycles. The standard InChI is InChI=1S/C12H15N3O/c1-3-15(2)12(16)11-7-8-6-9(13)4-5-10(8)14-11/h4-7,14H,3,13H2,1-2H3. The van der Waals surface area contributed by atoms with Crippen LogP contribution in [0.2, 0.25) is 0 Å². The third kappa shape index (κ3) is 1.74. The Morgan fingerprint density at radius 3 is 2.88 bits per heavy atom. The molecule has 0 saturated carbocycles. The Kier molecular flexibility index (Phi) is 2.56. The highest BCUT2D eigenvalue weighted by Crippen LogP contribution is 2.18. The van der Waals surface area contributed by atoms with Crippen molar-refractivity contribution in [1.82, 2.24) is 9.88 Å². The molecule has 84 valence electrons. The fourth-order valence-electron chi connectivity index (χ4n) is 1.62. The molecule has 0 fully saturated rings. The van der Waals surface area contributed by atoms with E-state index < -0.39 is 0 Å². The van der Waals surface area contributed by atoms with Crippen molar-refractivity contribution in [2.75, 3.05) is 19.3 Å². The zero-order valence-corrected chi connectivity index (χ0v) is 9.45. The third-order valence-corrected chi connectivity index (χ3v) is 2.70. The Morgan fingerprint density at radius 2 is 2.19 bits per heavy atom. The lowest BCUT2D eigenvalue weighted by molar-refractivity contribution is 0.0797. The molecule has 0 atom stereocenters. The maximum Gasteiger partial charge on any atom is 0.270 e. The number of benzene rings is 1. The fourth-order valence-corrected chi connectivity index (χ4v) is 1.62.